The second-order valence-corrected chi connectivity index (χ2v) is 6.41. The summed E-state index contributed by atoms with van der Waals surface area (Å²) in [5.41, 5.74) is 6.19. The Hall–Kier alpha value is -2.94. The van der Waals surface area contributed by atoms with Crippen LogP contribution in [-0.4, -0.2) is 10.9 Å². The smallest absolute Gasteiger partial charge is 0.252 e. The third-order valence-electron chi connectivity index (χ3n) is 4.44. The number of benzene rings is 2. The maximum absolute atomic E-state index is 12.8. The predicted octanol–water partition coefficient (Wildman–Crippen LogP) is 4.53. The number of hydrogen-bond donors (Lipinski definition) is 1. The molecule has 3 nitrogen and oxygen atoms in total. The minimum atomic E-state index is -0.235. The van der Waals surface area contributed by atoms with E-state index in [0.29, 0.717) is 5.56 Å². The molecule has 1 heterocycles. The van der Waals surface area contributed by atoms with E-state index >= 15 is 0 Å². The van der Waals surface area contributed by atoms with Gasteiger partial charge in [0.25, 0.3) is 5.91 Å². The van der Waals surface area contributed by atoms with Crippen molar-refractivity contribution in [2.75, 3.05) is 0 Å². The number of rotatable bonds is 4. The SMILES string of the molecule is Cc1cccc(C(=O)N[C@H](c2cccnc2)c2ccc(C)c(C)c2)c1. The Bertz CT molecular complexity index is 888. The quantitative estimate of drug-likeness (QED) is 0.764. The van der Waals surface area contributed by atoms with Crippen molar-refractivity contribution < 1.29 is 4.79 Å². The molecular weight excluding hydrogens is 308 g/mol. The van der Waals surface area contributed by atoms with E-state index in [1.165, 1.54) is 11.1 Å². The fraction of sp³-hybridized carbons (Fsp3) is 0.182. The van der Waals surface area contributed by atoms with Gasteiger partial charge in [-0.1, -0.05) is 42.0 Å². The Kier molecular flexibility index (Phi) is 4.94. The maximum atomic E-state index is 12.8. The third kappa shape index (κ3) is 3.94. The molecule has 126 valence electrons. The summed E-state index contributed by atoms with van der Waals surface area (Å²) in [4.78, 5) is 17.0. The van der Waals surface area contributed by atoms with E-state index in [0.717, 1.165) is 16.7 Å². The number of carbonyl (C=O) groups excluding carboxylic acids is 1. The molecule has 0 aliphatic carbocycles. The highest BCUT2D eigenvalue weighted by Gasteiger charge is 2.18. The molecule has 25 heavy (non-hydrogen) atoms. The maximum Gasteiger partial charge on any atom is 0.252 e. The van der Waals surface area contributed by atoms with Crippen LogP contribution < -0.4 is 5.32 Å². The van der Waals surface area contributed by atoms with Crippen molar-refractivity contribution in [3.8, 4) is 0 Å². The molecule has 1 aromatic heterocycles. The monoisotopic (exact) mass is 330 g/mol. The van der Waals surface area contributed by atoms with E-state index in [1.807, 2.05) is 43.3 Å². The minimum absolute atomic E-state index is 0.0872. The summed E-state index contributed by atoms with van der Waals surface area (Å²) in [5.74, 6) is -0.0872. The van der Waals surface area contributed by atoms with E-state index in [1.54, 1.807) is 12.4 Å². The molecule has 0 saturated carbocycles. The third-order valence-corrected chi connectivity index (χ3v) is 4.44. The van der Waals surface area contributed by atoms with Gasteiger partial charge in [-0.25, -0.2) is 0 Å². The molecule has 3 aromatic rings. The molecule has 0 saturated heterocycles. The molecule has 1 atom stereocenters. The number of nitrogens with one attached hydrogen (secondary N) is 1. The van der Waals surface area contributed by atoms with E-state index in [2.05, 4.69) is 42.3 Å². The average molecular weight is 330 g/mol. The number of nitrogens with zero attached hydrogens (tertiary/aromatic N) is 1. The molecule has 0 aliphatic rings. The van der Waals surface area contributed by atoms with Crippen molar-refractivity contribution in [1.29, 1.82) is 0 Å². The van der Waals surface area contributed by atoms with E-state index in [9.17, 15) is 4.79 Å². The van der Waals surface area contributed by atoms with Gasteiger partial charge in [-0.15, -0.1) is 0 Å². The number of amides is 1. The van der Waals surface area contributed by atoms with Crippen LogP contribution in [0.3, 0.4) is 0 Å². The van der Waals surface area contributed by atoms with Crippen LogP contribution in [0.2, 0.25) is 0 Å². The van der Waals surface area contributed by atoms with Crippen LogP contribution in [0.25, 0.3) is 0 Å². The first kappa shape index (κ1) is 16.9. The fourth-order valence-electron chi connectivity index (χ4n) is 2.85. The summed E-state index contributed by atoms with van der Waals surface area (Å²) in [5, 5.41) is 3.16. The molecule has 0 aliphatic heterocycles. The lowest BCUT2D eigenvalue weighted by atomic mass is 9.96. The van der Waals surface area contributed by atoms with Gasteiger partial charge in [0.1, 0.15) is 0 Å². The van der Waals surface area contributed by atoms with E-state index in [4.69, 9.17) is 0 Å². The second kappa shape index (κ2) is 7.31. The summed E-state index contributed by atoms with van der Waals surface area (Å²) in [6.45, 7) is 6.16. The Morgan fingerprint density at radius 3 is 2.44 bits per heavy atom. The first-order valence-electron chi connectivity index (χ1n) is 8.39. The lowest BCUT2D eigenvalue weighted by molar-refractivity contribution is 0.0943. The number of carbonyl (C=O) groups is 1. The molecule has 3 rings (SSSR count). The van der Waals surface area contributed by atoms with Gasteiger partial charge >= 0.3 is 0 Å². The van der Waals surface area contributed by atoms with Gasteiger partial charge in [-0.05, 0) is 61.2 Å². The normalized spacial score (nSPS) is 11.8. The highest BCUT2D eigenvalue weighted by molar-refractivity contribution is 5.94. The zero-order valence-corrected chi connectivity index (χ0v) is 14.8. The number of aromatic nitrogens is 1. The minimum Gasteiger partial charge on any atom is -0.341 e. The highest BCUT2D eigenvalue weighted by Crippen LogP contribution is 2.24. The van der Waals surface area contributed by atoms with Crippen LogP contribution in [0.4, 0.5) is 0 Å². The molecule has 1 amide bonds. The molecule has 0 fully saturated rings. The van der Waals surface area contributed by atoms with Crippen LogP contribution in [-0.2, 0) is 0 Å². The van der Waals surface area contributed by atoms with Crippen molar-refractivity contribution in [2.45, 2.75) is 26.8 Å². The van der Waals surface area contributed by atoms with Crippen LogP contribution in [0, 0.1) is 20.8 Å². The van der Waals surface area contributed by atoms with Gasteiger partial charge in [0, 0.05) is 18.0 Å². The van der Waals surface area contributed by atoms with Crippen molar-refractivity contribution in [3.05, 3.63) is 100 Å². The Morgan fingerprint density at radius 2 is 1.76 bits per heavy atom. The summed E-state index contributed by atoms with van der Waals surface area (Å²) in [6, 6.07) is 17.6. The molecule has 0 spiro atoms. The van der Waals surface area contributed by atoms with Gasteiger partial charge in [0.05, 0.1) is 6.04 Å². The molecular formula is C22H22N2O. The van der Waals surface area contributed by atoms with Gasteiger partial charge < -0.3 is 5.32 Å². The summed E-state index contributed by atoms with van der Waals surface area (Å²) < 4.78 is 0. The molecule has 0 unspecified atom stereocenters. The van der Waals surface area contributed by atoms with E-state index in [-0.39, 0.29) is 11.9 Å². The van der Waals surface area contributed by atoms with Crippen LogP contribution >= 0.6 is 0 Å². The lowest BCUT2D eigenvalue weighted by Crippen LogP contribution is -2.29. The number of aryl methyl sites for hydroxylation is 3. The van der Waals surface area contributed by atoms with Crippen molar-refractivity contribution in [2.24, 2.45) is 0 Å². The second-order valence-electron chi connectivity index (χ2n) is 6.41. The van der Waals surface area contributed by atoms with Crippen LogP contribution in [0.1, 0.15) is 44.2 Å². The Balaban J connectivity index is 1.97. The van der Waals surface area contributed by atoms with Gasteiger partial charge in [-0.2, -0.15) is 0 Å². The Labute approximate surface area is 148 Å². The molecule has 0 bridgehead atoms. The summed E-state index contributed by atoms with van der Waals surface area (Å²) >= 11 is 0. The average Bonchev–Trinajstić information content (AvgIpc) is 2.62. The van der Waals surface area contributed by atoms with Crippen LogP contribution in [0.5, 0.6) is 0 Å². The fourth-order valence-corrected chi connectivity index (χ4v) is 2.85. The lowest BCUT2D eigenvalue weighted by Gasteiger charge is -2.20. The standard InChI is InChI=1S/C22H22N2O/c1-15-6-4-7-19(12-15)22(25)24-21(20-8-5-11-23-14-20)18-10-9-16(2)17(3)13-18/h4-14,21H,1-3H3,(H,24,25)/t21-/m0/s1. The summed E-state index contributed by atoms with van der Waals surface area (Å²) in [7, 11) is 0. The van der Waals surface area contributed by atoms with Gasteiger partial charge in [0.15, 0.2) is 0 Å². The van der Waals surface area contributed by atoms with Crippen molar-refractivity contribution in [3.63, 3.8) is 0 Å². The zero-order chi connectivity index (χ0) is 17.8. The summed E-state index contributed by atoms with van der Waals surface area (Å²) in [6.07, 6.45) is 3.54. The van der Waals surface area contributed by atoms with Gasteiger partial charge in [0.2, 0.25) is 0 Å². The Morgan fingerprint density at radius 1 is 0.920 bits per heavy atom. The highest BCUT2D eigenvalue weighted by atomic mass is 16.1. The first-order chi connectivity index (χ1) is 12.0. The van der Waals surface area contributed by atoms with Crippen molar-refractivity contribution >= 4 is 5.91 Å². The molecule has 3 heteroatoms. The first-order valence-corrected chi connectivity index (χ1v) is 8.39. The van der Waals surface area contributed by atoms with Crippen LogP contribution in [0.15, 0.2) is 67.0 Å². The number of pyridine rings is 1. The number of hydrogen-bond acceptors (Lipinski definition) is 2. The molecule has 1 N–H and O–H groups in total. The topological polar surface area (TPSA) is 42.0 Å². The van der Waals surface area contributed by atoms with E-state index < -0.39 is 0 Å². The van der Waals surface area contributed by atoms with Crippen molar-refractivity contribution in [1.82, 2.24) is 10.3 Å². The predicted molar refractivity (Wildman–Crippen MR) is 101 cm³/mol. The largest absolute Gasteiger partial charge is 0.341 e. The molecule has 0 radical (unpaired) electrons. The zero-order valence-electron chi connectivity index (χ0n) is 14.8. The van der Waals surface area contributed by atoms with Gasteiger partial charge in [-0.3, -0.25) is 9.78 Å². The molecule has 2 aromatic carbocycles.